The van der Waals surface area contributed by atoms with Gasteiger partial charge < -0.3 is 9.73 Å². The molecule has 2 amide bonds. The minimum absolute atomic E-state index is 0.0290. The summed E-state index contributed by atoms with van der Waals surface area (Å²) in [5.41, 5.74) is 2.11. The van der Waals surface area contributed by atoms with Crippen molar-refractivity contribution in [1.82, 2.24) is 15.0 Å². The van der Waals surface area contributed by atoms with Crippen molar-refractivity contribution < 1.29 is 22.4 Å². The Hall–Kier alpha value is -3.46. The average molecular weight is 399 g/mol. The van der Waals surface area contributed by atoms with Crippen molar-refractivity contribution in [3.8, 4) is 0 Å². The molecule has 0 saturated carbocycles. The lowest BCUT2D eigenvalue weighted by Gasteiger charge is -2.04. The second kappa shape index (κ2) is 8.05. The van der Waals surface area contributed by atoms with Crippen molar-refractivity contribution in [3.05, 3.63) is 83.4 Å². The molecule has 0 atom stereocenters. The quantitative estimate of drug-likeness (QED) is 0.655. The van der Waals surface area contributed by atoms with Gasteiger partial charge in [0, 0.05) is 25.0 Å². The number of rotatable bonds is 6. The van der Waals surface area contributed by atoms with E-state index >= 15 is 0 Å². The van der Waals surface area contributed by atoms with Gasteiger partial charge in [-0.2, -0.15) is 8.42 Å². The maximum atomic E-state index is 12.3. The molecule has 2 heterocycles. The molecule has 0 bridgehead atoms. The predicted molar refractivity (Wildman–Crippen MR) is 99.9 cm³/mol. The standard InChI is InChI=1S/C19H17N3O5S/c1-13-4-6-14(7-5-13)10-21-18(23)16-9-17(27-12-16)28(25,26)22-19(24)15-3-2-8-20-11-15/h2-9,11-12H,10H2,1H3,(H,21,23)(H,22,24). The molecule has 144 valence electrons. The number of benzene rings is 1. The number of nitrogens with one attached hydrogen (secondary N) is 2. The molecule has 2 N–H and O–H groups in total. The smallest absolute Gasteiger partial charge is 0.297 e. The van der Waals surface area contributed by atoms with Crippen LogP contribution in [0.2, 0.25) is 0 Å². The average Bonchev–Trinajstić information content (AvgIpc) is 3.19. The molecule has 0 aliphatic heterocycles. The number of aromatic nitrogens is 1. The van der Waals surface area contributed by atoms with Crippen LogP contribution in [-0.4, -0.2) is 25.2 Å². The second-order valence-electron chi connectivity index (χ2n) is 6.00. The van der Waals surface area contributed by atoms with E-state index in [1.807, 2.05) is 35.9 Å². The third kappa shape index (κ3) is 4.63. The van der Waals surface area contributed by atoms with E-state index in [4.69, 9.17) is 4.42 Å². The molecule has 3 aromatic rings. The normalized spacial score (nSPS) is 11.0. The topological polar surface area (TPSA) is 118 Å². The largest absolute Gasteiger partial charge is 0.450 e. The number of pyridine rings is 1. The SMILES string of the molecule is Cc1ccc(CNC(=O)c2coc(S(=O)(=O)NC(=O)c3cccnc3)c2)cc1. The summed E-state index contributed by atoms with van der Waals surface area (Å²) in [6, 6.07) is 11.6. The zero-order valence-electron chi connectivity index (χ0n) is 14.9. The second-order valence-corrected chi connectivity index (χ2v) is 7.61. The van der Waals surface area contributed by atoms with Crippen LogP contribution >= 0.6 is 0 Å². The van der Waals surface area contributed by atoms with Crippen LogP contribution in [0.1, 0.15) is 31.8 Å². The lowest BCUT2D eigenvalue weighted by atomic mass is 10.1. The van der Waals surface area contributed by atoms with Gasteiger partial charge in [-0.05, 0) is 24.6 Å². The van der Waals surface area contributed by atoms with Gasteiger partial charge in [-0.15, -0.1) is 0 Å². The number of carbonyl (C=O) groups excluding carboxylic acids is 2. The first-order chi connectivity index (χ1) is 13.3. The molecule has 0 radical (unpaired) electrons. The molecule has 9 heteroatoms. The van der Waals surface area contributed by atoms with Gasteiger partial charge in [0.1, 0.15) is 6.26 Å². The van der Waals surface area contributed by atoms with E-state index in [1.165, 1.54) is 24.5 Å². The van der Waals surface area contributed by atoms with Crippen LogP contribution < -0.4 is 10.0 Å². The summed E-state index contributed by atoms with van der Waals surface area (Å²) in [7, 11) is -4.27. The monoisotopic (exact) mass is 399 g/mol. The van der Waals surface area contributed by atoms with Gasteiger partial charge in [-0.3, -0.25) is 14.6 Å². The Morgan fingerprint density at radius 1 is 1.07 bits per heavy atom. The first-order valence-corrected chi connectivity index (χ1v) is 9.73. The molecule has 0 spiro atoms. The van der Waals surface area contributed by atoms with Crippen LogP contribution in [0.15, 0.2) is 70.6 Å². The van der Waals surface area contributed by atoms with Gasteiger partial charge in [0.05, 0.1) is 11.1 Å². The number of amides is 2. The molecule has 0 aliphatic rings. The van der Waals surface area contributed by atoms with Crippen LogP contribution in [0.3, 0.4) is 0 Å². The van der Waals surface area contributed by atoms with Crippen LogP contribution in [0.25, 0.3) is 0 Å². The summed E-state index contributed by atoms with van der Waals surface area (Å²) in [5.74, 6) is -1.35. The fraction of sp³-hybridized carbons (Fsp3) is 0.105. The van der Waals surface area contributed by atoms with Gasteiger partial charge in [-0.1, -0.05) is 29.8 Å². The molecule has 0 fully saturated rings. The van der Waals surface area contributed by atoms with Gasteiger partial charge in [0.25, 0.3) is 21.8 Å². The third-order valence-electron chi connectivity index (χ3n) is 3.83. The van der Waals surface area contributed by atoms with Crippen LogP contribution in [0, 0.1) is 6.92 Å². The van der Waals surface area contributed by atoms with Crippen molar-refractivity contribution in [2.24, 2.45) is 0 Å². The molecule has 0 aliphatic carbocycles. The zero-order valence-corrected chi connectivity index (χ0v) is 15.7. The highest BCUT2D eigenvalue weighted by Crippen LogP contribution is 2.15. The molecular formula is C19H17N3O5S. The summed E-state index contributed by atoms with van der Waals surface area (Å²) in [6.07, 6.45) is 3.71. The van der Waals surface area contributed by atoms with E-state index in [0.29, 0.717) is 0 Å². The van der Waals surface area contributed by atoms with Crippen LogP contribution in [0.5, 0.6) is 0 Å². The minimum atomic E-state index is -4.27. The molecule has 8 nitrogen and oxygen atoms in total. The van der Waals surface area contributed by atoms with Gasteiger partial charge in [-0.25, -0.2) is 4.72 Å². The number of carbonyl (C=O) groups is 2. The lowest BCUT2D eigenvalue weighted by molar-refractivity contribution is 0.0948. The van der Waals surface area contributed by atoms with Gasteiger partial charge in [0.2, 0.25) is 5.09 Å². The molecular weight excluding hydrogens is 382 g/mol. The number of nitrogens with zero attached hydrogens (tertiary/aromatic N) is 1. The summed E-state index contributed by atoms with van der Waals surface area (Å²) < 4.78 is 31.4. The third-order valence-corrected chi connectivity index (χ3v) is 5.02. The molecule has 0 unspecified atom stereocenters. The molecule has 1 aromatic carbocycles. The molecule has 28 heavy (non-hydrogen) atoms. The predicted octanol–water partition coefficient (Wildman–Crippen LogP) is 2.03. The first-order valence-electron chi connectivity index (χ1n) is 8.24. The fourth-order valence-corrected chi connectivity index (χ4v) is 3.21. The summed E-state index contributed by atoms with van der Waals surface area (Å²) in [5, 5.41) is 2.14. The van der Waals surface area contributed by atoms with E-state index in [0.717, 1.165) is 23.5 Å². The van der Waals surface area contributed by atoms with Crippen molar-refractivity contribution in [2.45, 2.75) is 18.6 Å². The Labute approximate surface area is 161 Å². The van der Waals surface area contributed by atoms with E-state index in [1.54, 1.807) is 0 Å². The molecule has 3 rings (SSSR count). The highest BCUT2D eigenvalue weighted by Gasteiger charge is 2.24. The number of hydrogen-bond acceptors (Lipinski definition) is 6. The van der Waals surface area contributed by atoms with Gasteiger partial charge >= 0.3 is 0 Å². The summed E-state index contributed by atoms with van der Waals surface area (Å²) in [4.78, 5) is 28.0. The van der Waals surface area contributed by atoms with E-state index < -0.39 is 26.9 Å². The highest BCUT2D eigenvalue weighted by atomic mass is 32.2. The van der Waals surface area contributed by atoms with Crippen molar-refractivity contribution in [2.75, 3.05) is 0 Å². The summed E-state index contributed by atoms with van der Waals surface area (Å²) >= 11 is 0. The zero-order chi connectivity index (χ0) is 20.1. The minimum Gasteiger partial charge on any atom is -0.450 e. The maximum absolute atomic E-state index is 12.3. The molecule has 0 saturated heterocycles. The van der Waals surface area contributed by atoms with E-state index in [9.17, 15) is 18.0 Å². The first kappa shape index (κ1) is 19.3. The van der Waals surface area contributed by atoms with Crippen LogP contribution in [0.4, 0.5) is 0 Å². The highest BCUT2D eigenvalue weighted by molar-refractivity contribution is 7.90. The number of hydrogen-bond donors (Lipinski definition) is 2. The Balaban J connectivity index is 1.65. The lowest BCUT2D eigenvalue weighted by Crippen LogP contribution is -2.30. The Kier molecular flexibility index (Phi) is 5.55. The Morgan fingerprint density at radius 2 is 1.82 bits per heavy atom. The number of sulfonamides is 1. The van der Waals surface area contributed by atoms with Crippen LogP contribution in [-0.2, 0) is 16.6 Å². The van der Waals surface area contributed by atoms with Crippen molar-refractivity contribution >= 4 is 21.8 Å². The Bertz CT molecular complexity index is 1090. The van der Waals surface area contributed by atoms with Crippen molar-refractivity contribution in [3.63, 3.8) is 0 Å². The number of aryl methyl sites for hydroxylation is 1. The van der Waals surface area contributed by atoms with E-state index in [-0.39, 0.29) is 17.7 Å². The Morgan fingerprint density at radius 3 is 2.50 bits per heavy atom. The summed E-state index contributed by atoms with van der Waals surface area (Å²) in [6.45, 7) is 2.24. The fourth-order valence-electron chi connectivity index (χ4n) is 2.30. The molecule has 2 aromatic heterocycles. The van der Waals surface area contributed by atoms with Gasteiger partial charge in [0.15, 0.2) is 0 Å². The van der Waals surface area contributed by atoms with E-state index in [2.05, 4.69) is 10.3 Å². The maximum Gasteiger partial charge on any atom is 0.297 e. The van der Waals surface area contributed by atoms with Crippen molar-refractivity contribution in [1.29, 1.82) is 0 Å². The number of furan rings is 1.